The molecule has 418 valence electrons. The van der Waals surface area contributed by atoms with E-state index in [0.29, 0.717) is 93.2 Å². The first-order valence-electron chi connectivity index (χ1n) is 25.2. The lowest BCUT2D eigenvalue weighted by atomic mass is 9.96. The number of benzene rings is 5. The Balaban J connectivity index is 0.954. The van der Waals surface area contributed by atoms with E-state index in [9.17, 15) is 44.5 Å². The number of phosphoric acid groups is 1. The van der Waals surface area contributed by atoms with Crippen LogP contribution >= 0.6 is 31.2 Å². The number of alkyl halides is 3. The SMILES string of the molecule is Cc1c(C(=O)O)c(-c2cccc(N3CCN(c4ccc(NS(=O)(=O)c5ccc(N[C@@H](CCN6CCC(COP(=O)(O)O)CC6)CSc6ccccc6)c(S(=O)(=O)C(F)(F)F)c5)cc4)CC3)c2)c(-c2ccc(Cl)cc2)n1C(C)C. The predicted octanol–water partition coefficient (Wildman–Crippen LogP) is 11.3. The molecule has 0 radical (unpaired) electrons. The average molecular weight is 1170 g/mol. The first-order chi connectivity index (χ1) is 36.9. The molecule has 78 heavy (non-hydrogen) atoms. The maximum atomic E-state index is 14.4. The number of thioether (sulfide) groups is 1. The van der Waals surface area contributed by atoms with E-state index in [2.05, 4.69) is 29.3 Å². The summed E-state index contributed by atoms with van der Waals surface area (Å²) >= 11 is 7.66. The van der Waals surface area contributed by atoms with Crippen LogP contribution in [0.2, 0.25) is 5.02 Å². The number of hydrogen-bond acceptors (Lipinski definition) is 12. The lowest BCUT2D eigenvalue weighted by molar-refractivity contribution is -0.0436. The summed E-state index contributed by atoms with van der Waals surface area (Å²) in [6.07, 6.45) is 1.55. The van der Waals surface area contributed by atoms with Crippen molar-refractivity contribution in [2.24, 2.45) is 5.92 Å². The summed E-state index contributed by atoms with van der Waals surface area (Å²) in [7, 11) is -15.3. The monoisotopic (exact) mass is 1170 g/mol. The Morgan fingerprint density at radius 1 is 0.821 bits per heavy atom. The van der Waals surface area contributed by atoms with Gasteiger partial charge in [0.1, 0.15) is 4.90 Å². The number of rotatable bonds is 21. The average Bonchev–Trinajstić information content (AvgIpc) is 3.72. The van der Waals surface area contributed by atoms with Gasteiger partial charge in [0.25, 0.3) is 19.9 Å². The zero-order valence-electron chi connectivity index (χ0n) is 42.9. The number of hydrogen-bond donors (Lipinski definition) is 5. The zero-order chi connectivity index (χ0) is 56.2. The van der Waals surface area contributed by atoms with Crippen LogP contribution in [0, 0.1) is 12.8 Å². The van der Waals surface area contributed by atoms with E-state index in [-0.39, 0.29) is 29.8 Å². The molecule has 0 spiro atoms. The molecule has 2 saturated heterocycles. The molecule has 2 aliphatic heterocycles. The normalized spacial score (nSPS) is 15.7. The standard InChI is InChI=1S/C54H61ClF3N6O10PS3/c1-36(2)64-37(3)50(53(65)66)51(52(64)39-12-14-41(55)15-13-39)40-8-7-9-45(32-40)63-30-28-62(29-31-63)44-18-16-42(17-19-44)60-78(72,73)47-20-21-48(49(33-47)77(70,71)54(56,57)58)59-43(35-76-46-10-5-4-6-11-46)24-27-61-25-22-38(23-26-61)34-74-75(67,68)69/h4-21,32-33,36,38,43,59-60H,22-31,34-35H2,1-3H3,(H,65,66)(H2,67,68,69)/t43-/m0/s1. The Labute approximate surface area is 461 Å². The van der Waals surface area contributed by atoms with Crippen molar-refractivity contribution in [2.45, 2.75) is 72.3 Å². The van der Waals surface area contributed by atoms with Crippen molar-refractivity contribution in [3.63, 3.8) is 0 Å². The Kier molecular flexibility index (Phi) is 18.4. The summed E-state index contributed by atoms with van der Waals surface area (Å²) in [5.74, 6) is -0.795. The first kappa shape index (κ1) is 58.6. The number of nitrogens with zero attached hydrogens (tertiary/aromatic N) is 4. The van der Waals surface area contributed by atoms with Crippen LogP contribution in [0.1, 0.15) is 55.2 Å². The number of carboxylic acid groups (broad SMARTS) is 1. The molecule has 0 aliphatic carbocycles. The fourth-order valence-electron chi connectivity index (χ4n) is 10.0. The van der Waals surface area contributed by atoms with Crippen LogP contribution < -0.4 is 19.8 Å². The second kappa shape index (κ2) is 24.4. The minimum atomic E-state index is -6.08. The molecule has 0 unspecified atom stereocenters. The molecule has 0 amide bonds. The van der Waals surface area contributed by atoms with Gasteiger partial charge in [-0.25, -0.2) is 26.2 Å². The molecule has 3 heterocycles. The molecular formula is C54H61ClF3N6O10PS3. The van der Waals surface area contributed by atoms with Gasteiger partial charge in [0.05, 0.1) is 28.4 Å². The molecule has 2 fully saturated rings. The molecule has 8 rings (SSSR count). The number of nitrogens with one attached hydrogen (secondary N) is 2. The van der Waals surface area contributed by atoms with Crippen LogP contribution in [-0.4, -0.2) is 117 Å². The van der Waals surface area contributed by atoms with Gasteiger partial charge < -0.3 is 39.5 Å². The van der Waals surface area contributed by atoms with Gasteiger partial charge in [-0.15, -0.1) is 11.8 Å². The van der Waals surface area contributed by atoms with Gasteiger partial charge >= 0.3 is 19.3 Å². The quantitative estimate of drug-likeness (QED) is 0.0335. The van der Waals surface area contributed by atoms with Gasteiger partial charge in [-0.05, 0) is 149 Å². The molecule has 1 aromatic heterocycles. The Morgan fingerprint density at radius 3 is 2.06 bits per heavy atom. The van der Waals surface area contributed by atoms with Crippen molar-refractivity contribution in [2.75, 3.05) is 78.0 Å². The minimum Gasteiger partial charge on any atom is -0.478 e. The predicted molar refractivity (Wildman–Crippen MR) is 300 cm³/mol. The Hall–Kier alpha value is -5.55. The molecule has 24 heteroatoms. The number of carboxylic acids is 1. The van der Waals surface area contributed by atoms with E-state index in [1.807, 2.05) is 92.1 Å². The van der Waals surface area contributed by atoms with Crippen molar-refractivity contribution < 1.29 is 58.8 Å². The Bertz CT molecular complexity index is 3350. The van der Waals surface area contributed by atoms with Crippen LogP contribution in [0.4, 0.5) is 35.9 Å². The van der Waals surface area contributed by atoms with E-state index in [1.165, 1.54) is 23.9 Å². The van der Waals surface area contributed by atoms with Crippen LogP contribution in [0.15, 0.2) is 136 Å². The van der Waals surface area contributed by atoms with Crippen molar-refractivity contribution in [1.82, 2.24) is 9.47 Å². The number of carbonyl (C=O) groups is 1. The lowest BCUT2D eigenvalue weighted by Gasteiger charge is -2.37. The molecule has 0 saturated carbocycles. The fourth-order valence-corrected chi connectivity index (χ4v) is 13.6. The van der Waals surface area contributed by atoms with E-state index in [0.717, 1.165) is 45.2 Å². The van der Waals surface area contributed by atoms with Crippen molar-refractivity contribution in [1.29, 1.82) is 0 Å². The third-order valence-electron chi connectivity index (χ3n) is 14.0. The summed E-state index contributed by atoms with van der Waals surface area (Å²) in [5.41, 5.74) is -0.562. The molecular weight excluding hydrogens is 1110 g/mol. The summed E-state index contributed by atoms with van der Waals surface area (Å²) in [5, 5.41) is 14.1. The van der Waals surface area contributed by atoms with E-state index >= 15 is 0 Å². The number of sulfone groups is 1. The van der Waals surface area contributed by atoms with Crippen molar-refractivity contribution in [3.8, 4) is 22.4 Å². The van der Waals surface area contributed by atoms with Gasteiger partial charge in [0.2, 0.25) is 0 Å². The molecule has 1 atom stereocenters. The van der Waals surface area contributed by atoms with E-state index < -0.39 is 60.7 Å². The summed E-state index contributed by atoms with van der Waals surface area (Å²) in [6, 6.07) is 32.8. The number of likely N-dealkylation sites (tertiary alicyclic amines) is 1. The van der Waals surface area contributed by atoms with Crippen molar-refractivity contribution in [3.05, 3.63) is 138 Å². The first-order valence-corrected chi connectivity index (χ1v) is 31.0. The number of piperazine rings is 1. The summed E-state index contributed by atoms with van der Waals surface area (Å²) in [6.45, 7) is 9.71. The highest BCUT2D eigenvalue weighted by Crippen LogP contribution is 2.43. The zero-order valence-corrected chi connectivity index (χ0v) is 47.0. The second-order valence-electron chi connectivity index (χ2n) is 19.6. The highest BCUT2D eigenvalue weighted by atomic mass is 35.5. The number of anilines is 4. The molecule has 2 aliphatic rings. The van der Waals surface area contributed by atoms with Gasteiger partial charge in [0, 0.05) is 88.8 Å². The van der Waals surface area contributed by atoms with Crippen LogP contribution in [0.3, 0.4) is 0 Å². The van der Waals surface area contributed by atoms with Crippen molar-refractivity contribution >= 4 is 79.8 Å². The molecule has 5 aromatic carbocycles. The number of sulfonamides is 1. The molecule has 5 N–H and O–H groups in total. The highest BCUT2D eigenvalue weighted by Gasteiger charge is 2.48. The van der Waals surface area contributed by atoms with Gasteiger partial charge in [0.15, 0.2) is 0 Å². The highest BCUT2D eigenvalue weighted by molar-refractivity contribution is 7.99. The topological polar surface area (TPSA) is 211 Å². The van der Waals surface area contributed by atoms with Gasteiger partial charge in [-0.3, -0.25) is 9.25 Å². The largest absolute Gasteiger partial charge is 0.501 e. The fraction of sp³-hybridized carbons (Fsp3) is 0.352. The molecule has 0 bridgehead atoms. The number of aromatic nitrogens is 1. The maximum Gasteiger partial charge on any atom is 0.501 e. The number of aromatic carboxylic acids is 1. The lowest BCUT2D eigenvalue weighted by Crippen LogP contribution is -2.46. The number of halogens is 4. The third kappa shape index (κ3) is 14.1. The van der Waals surface area contributed by atoms with Crippen LogP contribution in [-0.2, 0) is 28.9 Å². The summed E-state index contributed by atoms with van der Waals surface area (Å²) < 4.78 is 118. The molecule has 6 aromatic rings. The number of phosphoric ester groups is 1. The van der Waals surface area contributed by atoms with Crippen LogP contribution in [0.5, 0.6) is 0 Å². The molecule has 16 nitrogen and oxygen atoms in total. The van der Waals surface area contributed by atoms with Gasteiger partial charge in [-0.2, -0.15) is 13.2 Å². The second-order valence-corrected chi connectivity index (χ2v) is 25.9. The van der Waals surface area contributed by atoms with E-state index in [4.69, 9.17) is 21.4 Å². The maximum absolute atomic E-state index is 14.4. The van der Waals surface area contributed by atoms with Gasteiger partial charge in [-0.1, -0.05) is 54.1 Å². The van der Waals surface area contributed by atoms with Crippen LogP contribution in [0.25, 0.3) is 22.4 Å². The minimum absolute atomic E-state index is 0.0415. The smallest absolute Gasteiger partial charge is 0.478 e. The summed E-state index contributed by atoms with van der Waals surface area (Å²) in [4.78, 5) is 36.5. The van der Waals surface area contributed by atoms with E-state index in [1.54, 1.807) is 24.3 Å². The third-order valence-corrected chi connectivity index (χ3v) is 18.8. The number of piperidine rings is 1. The Morgan fingerprint density at radius 2 is 1.46 bits per heavy atom.